The standard InChI is InChI=1S/C26H23N3O4S/c1-17-5-11-20(12-6-17)29-24(31)22(15-18-7-9-19(10-8-18)26(32)33-2)34-25(29)21(16-27)23(30)28-13-3-4-14-28/h5-12,15H,3-4,13-14H2,1-2H3/b22-15+,25-21+. The van der Waals surface area contributed by atoms with Gasteiger partial charge in [-0.15, -0.1) is 11.3 Å². The van der Waals surface area contributed by atoms with E-state index in [9.17, 15) is 19.6 Å². The van der Waals surface area contributed by atoms with Crippen molar-refractivity contribution >= 4 is 34.9 Å². The molecule has 0 atom stereocenters. The van der Waals surface area contributed by atoms with Crippen LogP contribution in [0.2, 0.25) is 0 Å². The molecule has 3 aromatic rings. The number of carbonyl (C=O) groups excluding carboxylic acids is 2. The number of hydrogen-bond donors (Lipinski definition) is 0. The molecule has 1 aromatic heterocycles. The molecule has 0 unspecified atom stereocenters. The maximum absolute atomic E-state index is 13.5. The Labute approximate surface area is 200 Å². The highest BCUT2D eigenvalue weighted by Crippen LogP contribution is 2.13. The van der Waals surface area contributed by atoms with Crippen LogP contribution >= 0.6 is 11.3 Å². The van der Waals surface area contributed by atoms with Gasteiger partial charge in [0.25, 0.3) is 11.5 Å². The molecule has 0 N–H and O–H groups in total. The van der Waals surface area contributed by atoms with Gasteiger partial charge in [-0.1, -0.05) is 29.8 Å². The summed E-state index contributed by atoms with van der Waals surface area (Å²) in [5, 5.41) is 9.92. The van der Waals surface area contributed by atoms with Crippen molar-refractivity contribution in [1.29, 1.82) is 5.26 Å². The first-order valence-electron chi connectivity index (χ1n) is 10.9. The molecule has 0 aliphatic carbocycles. The van der Waals surface area contributed by atoms with Crippen molar-refractivity contribution in [2.24, 2.45) is 0 Å². The Kier molecular flexibility index (Phi) is 6.75. The number of hydrogen-bond acceptors (Lipinski definition) is 6. The van der Waals surface area contributed by atoms with Gasteiger partial charge in [0.1, 0.15) is 10.7 Å². The summed E-state index contributed by atoms with van der Waals surface area (Å²) in [7, 11) is 1.32. The van der Waals surface area contributed by atoms with Gasteiger partial charge in [0.2, 0.25) is 0 Å². The number of thiazole rings is 1. The van der Waals surface area contributed by atoms with E-state index in [0.717, 1.165) is 29.7 Å². The van der Waals surface area contributed by atoms with Crippen molar-refractivity contribution in [3.63, 3.8) is 0 Å². The lowest BCUT2D eigenvalue weighted by Gasteiger charge is -2.14. The predicted molar refractivity (Wildman–Crippen MR) is 130 cm³/mol. The first kappa shape index (κ1) is 23.2. The van der Waals surface area contributed by atoms with Crippen molar-refractivity contribution in [3.05, 3.63) is 84.8 Å². The maximum atomic E-state index is 13.5. The van der Waals surface area contributed by atoms with Crippen molar-refractivity contribution in [3.8, 4) is 11.8 Å². The molecule has 172 valence electrons. The van der Waals surface area contributed by atoms with E-state index in [4.69, 9.17) is 4.74 Å². The van der Waals surface area contributed by atoms with Crippen molar-refractivity contribution in [2.45, 2.75) is 19.8 Å². The number of aromatic nitrogens is 1. The molecule has 1 fully saturated rings. The third-order valence-electron chi connectivity index (χ3n) is 5.68. The third-order valence-corrected chi connectivity index (χ3v) is 6.77. The minimum atomic E-state index is -0.444. The molecule has 1 saturated heterocycles. The number of nitrogens with zero attached hydrogens (tertiary/aromatic N) is 3. The zero-order valence-electron chi connectivity index (χ0n) is 18.9. The Morgan fingerprint density at radius 3 is 2.29 bits per heavy atom. The normalized spacial score (nSPS) is 14.6. The van der Waals surface area contributed by atoms with Crippen molar-refractivity contribution < 1.29 is 14.3 Å². The van der Waals surface area contributed by atoms with E-state index in [0.29, 0.717) is 39.1 Å². The number of methoxy groups -OCH3 is 1. The topological polar surface area (TPSA) is 92.4 Å². The van der Waals surface area contributed by atoms with Gasteiger partial charge >= 0.3 is 5.97 Å². The summed E-state index contributed by atoms with van der Waals surface area (Å²) in [6.45, 7) is 3.16. The quantitative estimate of drug-likeness (QED) is 0.542. The van der Waals surface area contributed by atoms with Crippen molar-refractivity contribution in [1.82, 2.24) is 9.47 Å². The summed E-state index contributed by atoms with van der Waals surface area (Å²) in [4.78, 5) is 40.0. The molecule has 7 nitrogen and oxygen atoms in total. The Morgan fingerprint density at radius 1 is 1.06 bits per heavy atom. The largest absolute Gasteiger partial charge is 0.465 e. The SMILES string of the molecule is COC(=O)c1ccc(/C=c2/s/c(=C(\C#N)C(=O)N3CCCC3)n(-c3ccc(C)cc3)c2=O)cc1. The summed E-state index contributed by atoms with van der Waals surface area (Å²) >= 11 is 1.11. The number of carbonyl (C=O) groups is 2. The zero-order chi connectivity index (χ0) is 24.2. The minimum Gasteiger partial charge on any atom is -0.465 e. The van der Waals surface area contributed by atoms with Crippen LogP contribution in [-0.4, -0.2) is 41.5 Å². The number of benzene rings is 2. The van der Waals surface area contributed by atoms with E-state index in [-0.39, 0.29) is 17.0 Å². The Balaban J connectivity index is 1.93. The highest BCUT2D eigenvalue weighted by molar-refractivity contribution is 7.07. The number of rotatable bonds is 4. The molecule has 1 amide bonds. The average Bonchev–Trinajstić information content (AvgIpc) is 3.49. The molecule has 4 rings (SSSR count). The summed E-state index contributed by atoms with van der Waals surface area (Å²) in [6.07, 6.45) is 3.50. The zero-order valence-corrected chi connectivity index (χ0v) is 19.7. The summed E-state index contributed by atoms with van der Waals surface area (Å²) < 4.78 is 6.85. The van der Waals surface area contributed by atoms with Gasteiger partial charge in [0.15, 0.2) is 5.57 Å². The molecule has 2 aromatic carbocycles. The molecule has 0 saturated carbocycles. The van der Waals surface area contributed by atoms with E-state index < -0.39 is 5.97 Å². The number of esters is 1. The molecular weight excluding hydrogens is 450 g/mol. The van der Waals surface area contributed by atoms with E-state index >= 15 is 0 Å². The molecule has 0 bridgehead atoms. The van der Waals surface area contributed by atoms with E-state index in [1.807, 2.05) is 19.1 Å². The maximum Gasteiger partial charge on any atom is 0.337 e. The number of nitriles is 1. The number of ether oxygens (including phenoxy) is 1. The van der Waals surface area contributed by atoms with Crippen molar-refractivity contribution in [2.75, 3.05) is 20.2 Å². The first-order valence-corrected chi connectivity index (χ1v) is 11.7. The second-order valence-corrected chi connectivity index (χ2v) is 9.02. The van der Waals surface area contributed by atoms with Gasteiger partial charge in [0, 0.05) is 13.1 Å². The van der Waals surface area contributed by atoms with Crippen LogP contribution in [0.25, 0.3) is 17.3 Å². The summed E-state index contributed by atoms with van der Waals surface area (Å²) in [6, 6.07) is 16.1. The fourth-order valence-corrected chi connectivity index (χ4v) is 4.92. The minimum absolute atomic E-state index is 0.0368. The smallest absolute Gasteiger partial charge is 0.337 e. The van der Waals surface area contributed by atoms with Gasteiger partial charge in [-0.2, -0.15) is 5.26 Å². The van der Waals surface area contributed by atoms with Crippen LogP contribution in [0.1, 0.15) is 34.3 Å². The van der Waals surface area contributed by atoms with Crippen LogP contribution in [0, 0.1) is 18.3 Å². The van der Waals surface area contributed by atoms with Crippen LogP contribution in [0.15, 0.2) is 53.3 Å². The lowest BCUT2D eigenvalue weighted by atomic mass is 10.1. The molecular formula is C26H23N3O4S. The highest BCUT2D eigenvalue weighted by atomic mass is 32.1. The molecule has 1 aliphatic heterocycles. The van der Waals surface area contributed by atoms with Crippen LogP contribution in [0.4, 0.5) is 0 Å². The monoisotopic (exact) mass is 473 g/mol. The molecule has 1 aliphatic rings. The highest BCUT2D eigenvalue weighted by Gasteiger charge is 2.24. The number of aryl methyl sites for hydroxylation is 1. The van der Waals surface area contributed by atoms with E-state index in [1.54, 1.807) is 47.4 Å². The molecule has 0 radical (unpaired) electrons. The number of likely N-dealkylation sites (tertiary alicyclic amines) is 1. The third kappa shape index (κ3) is 4.56. The van der Waals surface area contributed by atoms with Crippen LogP contribution in [-0.2, 0) is 9.53 Å². The van der Waals surface area contributed by atoms with Crippen LogP contribution < -0.4 is 14.8 Å². The van der Waals surface area contributed by atoms with Gasteiger partial charge < -0.3 is 9.64 Å². The molecule has 8 heteroatoms. The second kappa shape index (κ2) is 9.89. The van der Waals surface area contributed by atoms with Crippen LogP contribution in [0.5, 0.6) is 0 Å². The number of amides is 1. The lowest BCUT2D eigenvalue weighted by Crippen LogP contribution is -2.35. The Bertz CT molecular complexity index is 1450. The summed E-state index contributed by atoms with van der Waals surface area (Å²) in [5.41, 5.74) is 2.37. The predicted octanol–water partition coefficient (Wildman–Crippen LogP) is 2.12. The fourth-order valence-electron chi connectivity index (χ4n) is 3.83. The van der Waals surface area contributed by atoms with E-state index in [2.05, 4.69) is 6.07 Å². The van der Waals surface area contributed by atoms with Gasteiger partial charge in [-0.3, -0.25) is 14.2 Å². The molecule has 0 spiro atoms. The molecule has 34 heavy (non-hydrogen) atoms. The van der Waals surface area contributed by atoms with Crippen LogP contribution in [0.3, 0.4) is 0 Å². The Hall–Kier alpha value is -3.96. The lowest BCUT2D eigenvalue weighted by molar-refractivity contribution is -0.123. The van der Waals surface area contributed by atoms with E-state index in [1.165, 1.54) is 11.7 Å². The second-order valence-electron chi connectivity index (χ2n) is 7.99. The molecule has 2 heterocycles. The summed E-state index contributed by atoms with van der Waals surface area (Å²) in [5.74, 6) is -0.795. The Morgan fingerprint density at radius 2 is 1.71 bits per heavy atom. The first-order chi connectivity index (χ1) is 16.4. The fraction of sp³-hybridized carbons (Fsp3) is 0.231. The van der Waals surface area contributed by atoms with Gasteiger partial charge in [-0.05, 0) is 55.7 Å². The average molecular weight is 474 g/mol. The van der Waals surface area contributed by atoms with Gasteiger partial charge in [-0.25, -0.2) is 4.79 Å². The van der Waals surface area contributed by atoms with Gasteiger partial charge in [0.05, 0.1) is 22.9 Å².